The molecule has 2 aliphatic rings. The van der Waals surface area contributed by atoms with Crippen molar-refractivity contribution in [1.29, 1.82) is 0 Å². The second kappa shape index (κ2) is 6.45. The minimum Gasteiger partial charge on any atom is -0.422 e. The highest BCUT2D eigenvalue weighted by atomic mass is 19.1. The molecule has 2 aromatic carbocycles. The fraction of sp³-hybridized carbons (Fsp3) is 0.0952. The Bertz CT molecular complexity index is 1260. The van der Waals surface area contributed by atoms with Gasteiger partial charge in [0.1, 0.15) is 17.9 Å². The molecule has 0 N–H and O–H groups in total. The molecule has 0 spiro atoms. The zero-order chi connectivity index (χ0) is 21.0. The molecular formula is C21H13FN4O4. The molecule has 2 aliphatic heterocycles. The Hall–Kier alpha value is -4.14. The number of aromatic nitrogens is 3. The van der Waals surface area contributed by atoms with E-state index in [1.54, 1.807) is 31.3 Å². The van der Waals surface area contributed by atoms with Gasteiger partial charge in [-0.2, -0.15) is 5.10 Å². The number of cyclic esters (lactones) is 1. The van der Waals surface area contributed by atoms with Crippen molar-refractivity contribution in [3.05, 3.63) is 82.2 Å². The number of fused-ring (bicyclic) bond motifs is 2. The number of esters is 1. The quantitative estimate of drug-likeness (QED) is 0.492. The molecule has 0 saturated heterocycles. The van der Waals surface area contributed by atoms with Crippen molar-refractivity contribution < 1.29 is 23.5 Å². The van der Waals surface area contributed by atoms with E-state index in [1.165, 1.54) is 23.2 Å². The molecule has 9 heteroatoms. The zero-order valence-corrected chi connectivity index (χ0v) is 15.6. The number of aryl methyl sites for hydroxylation is 1. The standard InChI is InChI=1S/C21H13FN4O4/c1-25-17(23-10-24-25)8-16-18-11(6-12(22)7-15(18)21(29)30-16)9-26-19(27)13-4-2-3-5-14(13)20(26)28/h2-8,10H,9H2,1H3. The average molecular weight is 404 g/mol. The third-order valence-electron chi connectivity index (χ3n) is 5.07. The van der Waals surface area contributed by atoms with Crippen molar-refractivity contribution in [2.75, 3.05) is 0 Å². The number of imide groups is 1. The second-order valence-electron chi connectivity index (χ2n) is 6.87. The first kappa shape index (κ1) is 17.9. The molecule has 0 unspecified atom stereocenters. The molecular weight excluding hydrogens is 391 g/mol. The Morgan fingerprint density at radius 3 is 2.40 bits per heavy atom. The van der Waals surface area contributed by atoms with E-state index in [-0.39, 0.29) is 34.6 Å². The molecule has 0 saturated carbocycles. The summed E-state index contributed by atoms with van der Waals surface area (Å²) in [7, 11) is 1.67. The molecule has 0 atom stereocenters. The number of nitrogens with zero attached hydrogens (tertiary/aromatic N) is 4. The van der Waals surface area contributed by atoms with Crippen LogP contribution in [0.15, 0.2) is 42.7 Å². The molecule has 3 aromatic rings. The van der Waals surface area contributed by atoms with Crippen molar-refractivity contribution >= 4 is 29.6 Å². The molecule has 0 radical (unpaired) electrons. The minimum absolute atomic E-state index is 0.0232. The van der Waals surface area contributed by atoms with Crippen LogP contribution >= 0.6 is 0 Å². The predicted octanol–water partition coefficient (Wildman–Crippen LogP) is 2.42. The molecule has 148 valence electrons. The Morgan fingerprint density at radius 2 is 1.77 bits per heavy atom. The fourth-order valence-electron chi connectivity index (χ4n) is 3.65. The van der Waals surface area contributed by atoms with Crippen molar-refractivity contribution in [1.82, 2.24) is 19.7 Å². The van der Waals surface area contributed by atoms with Gasteiger partial charge in [0.15, 0.2) is 5.82 Å². The van der Waals surface area contributed by atoms with E-state index in [2.05, 4.69) is 10.1 Å². The van der Waals surface area contributed by atoms with Gasteiger partial charge in [-0.1, -0.05) is 12.1 Å². The topological polar surface area (TPSA) is 94.4 Å². The van der Waals surface area contributed by atoms with Crippen LogP contribution in [0, 0.1) is 5.82 Å². The first-order chi connectivity index (χ1) is 14.4. The Labute approximate surface area is 169 Å². The van der Waals surface area contributed by atoms with Crippen LogP contribution in [0.5, 0.6) is 0 Å². The first-order valence-electron chi connectivity index (χ1n) is 9.00. The first-order valence-corrected chi connectivity index (χ1v) is 9.00. The summed E-state index contributed by atoms with van der Waals surface area (Å²) in [4.78, 5) is 42.9. The van der Waals surface area contributed by atoms with Crippen LogP contribution in [0.2, 0.25) is 0 Å². The number of carbonyl (C=O) groups is 3. The van der Waals surface area contributed by atoms with Crippen LogP contribution in [-0.2, 0) is 18.3 Å². The summed E-state index contributed by atoms with van der Waals surface area (Å²) in [5.41, 5.74) is 1.20. The van der Waals surface area contributed by atoms with Gasteiger partial charge in [0.05, 0.1) is 23.2 Å². The highest BCUT2D eigenvalue weighted by Gasteiger charge is 2.37. The summed E-state index contributed by atoms with van der Waals surface area (Å²) in [5, 5.41) is 3.96. The van der Waals surface area contributed by atoms with Crippen molar-refractivity contribution in [3.63, 3.8) is 0 Å². The van der Waals surface area contributed by atoms with E-state index in [0.717, 1.165) is 11.0 Å². The van der Waals surface area contributed by atoms with E-state index in [0.29, 0.717) is 11.4 Å². The predicted molar refractivity (Wildman–Crippen MR) is 101 cm³/mol. The minimum atomic E-state index is -0.721. The van der Waals surface area contributed by atoms with Gasteiger partial charge in [0, 0.05) is 18.7 Å². The van der Waals surface area contributed by atoms with E-state index in [4.69, 9.17) is 4.74 Å². The molecule has 0 fully saturated rings. The SMILES string of the molecule is Cn1ncnc1C=C1OC(=O)c2cc(F)cc(CN3C(=O)c4ccccc4C3=O)c21. The molecule has 1 aromatic heterocycles. The van der Waals surface area contributed by atoms with E-state index in [9.17, 15) is 18.8 Å². The average Bonchev–Trinajstić information content (AvgIpc) is 3.34. The lowest BCUT2D eigenvalue weighted by molar-refractivity contribution is 0.0640. The zero-order valence-electron chi connectivity index (χ0n) is 15.6. The molecule has 5 rings (SSSR count). The number of carbonyl (C=O) groups excluding carboxylic acids is 3. The number of amides is 2. The Morgan fingerprint density at radius 1 is 1.07 bits per heavy atom. The summed E-state index contributed by atoms with van der Waals surface area (Å²) < 4.78 is 21.1. The maximum atomic E-state index is 14.3. The summed E-state index contributed by atoms with van der Waals surface area (Å²) >= 11 is 0. The number of rotatable bonds is 3. The molecule has 0 aliphatic carbocycles. The van der Waals surface area contributed by atoms with Gasteiger partial charge in [0.25, 0.3) is 11.8 Å². The van der Waals surface area contributed by atoms with Crippen LogP contribution in [0.25, 0.3) is 11.8 Å². The van der Waals surface area contributed by atoms with Gasteiger partial charge in [-0.25, -0.2) is 18.9 Å². The molecule has 30 heavy (non-hydrogen) atoms. The lowest BCUT2D eigenvalue weighted by Gasteiger charge is -2.16. The third kappa shape index (κ3) is 2.63. The van der Waals surface area contributed by atoms with Crippen molar-refractivity contribution in [2.45, 2.75) is 6.54 Å². The van der Waals surface area contributed by atoms with Gasteiger partial charge in [0.2, 0.25) is 0 Å². The maximum absolute atomic E-state index is 14.3. The van der Waals surface area contributed by atoms with Crippen LogP contribution < -0.4 is 0 Å². The van der Waals surface area contributed by atoms with Gasteiger partial charge in [-0.15, -0.1) is 0 Å². The van der Waals surface area contributed by atoms with Gasteiger partial charge in [-0.05, 0) is 29.8 Å². The van der Waals surface area contributed by atoms with E-state index in [1.807, 2.05) is 0 Å². The van der Waals surface area contributed by atoms with Crippen LogP contribution in [0.3, 0.4) is 0 Å². The second-order valence-corrected chi connectivity index (χ2v) is 6.87. The van der Waals surface area contributed by atoms with E-state index >= 15 is 0 Å². The smallest absolute Gasteiger partial charge is 0.344 e. The summed E-state index contributed by atoms with van der Waals surface area (Å²) in [5.74, 6) is -1.77. The number of hydrogen-bond acceptors (Lipinski definition) is 6. The molecule has 2 amide bonds. The van der Waals surface area contributed by atoms with Gasteiger partial charge in [-0.3, -0.25) is 14.5 Å². The third-order valence-corrected chi connectivity index (χ3v) is 5.07. The number of benzene rings is 2. The molecule has 3 heterocycles. The van der Waals surface area contributed by atoms with Crippen molar-refractivity contribution in [2.24, 2.45) is 7.05 Å². The largest absolute Gasteiger partial charge is 0.422 e. The molecule has 8 nitrogen and oxygen atoms in total. The Balaban J connectivity index is 1.60. The Kier molecular flexibility index (Phi) is 3.85. The maximum Gasteiger partial charge on any atom is 0.344 e. The lowest BCUT2D eigenvalue weighted by Crippen LogP contribution is -2.29. The normalized spacial score (nSPS) is 16.3. The van der Waals surface area contributed by atoms with Crippen LogP contribution in [0.4, 0.5) is 4.39 Å². The summed E-state index contributed by atoms with van der Waals surface area (Å²) in [6.45, 7) is -0.209. The molecule has 0 bridgehead atoms. The lowest BCUT2D eigenvalue weighted by atomic mass is 10.00. The van der Waals surface area contributed by atoms with Crippen LogP contribution in [-0.4, -0.2) is 37.4 Å². The van der Waals surface area contributed by atoms with Crippen molar-refractivity contribution in [3.8, 4) is 0 Å². The van der Waals surface area contributed by atoms with E-state index < -0.39 is 23.6 Å². The summed E-state index contributed by atoms with van der Waals surface area (Å²) in [6.07, 6.45) is 2.84. The number of halogens is 1. The summed E-state index contributed by atoms with van der Waals surface area (Å²) in [6, 6.07) is 8.73. The van der Waals surface area contributed by atoms with Crippen LogP contribution in [0.1, 0.15) is 48.0 Å². The fourth-order valence-corrected chi connectivity index (χ4v) is 3.65. The number of hydrogen-bond donors (Lipinski definition) is 0. The highest BCUT2D eigenvalue weighted by molar-refractivity contribution is 6.21. The van der Waals surface area contributed by atoms with Gasteiger partial charge >= 0.3 is 5.97 Å². The highest BCUT2D eigenvalue weighted by Crippen LogP contribution is 2.36. The monoisotopic (exact) mass is 404 g/mol. The number of ether oxygens (including phenoxy) is 1. The van der Waals surface area contributed by atoms with Gasteiger partial charge < -0.3 is 4.74 Å².